The molecule has 3 nitrogen and oxygen atoms in total. The molecule has 0 spiro atoms. The molecule has 0 saturated heterocycles. The highest BCUT2D eigenvalue weighted by Crippen LogP contribution is 2.07. The van der Waals surface area contributed by atoms with Crippen molar-refractivity contribution >= 4 is 17.7 Å². The predicted octanol–water partition coefficient (Wildman–Crippen LogP) is 1.56. The number of benzene rings is 1. The van der Waals surface area contributed by atoms with E-state index in [1.807, 2.05) is 36.6 Å². The van der Waals surface area contributed by atoms with Crippen LogP contribution in [0.15, 0.2) is 30.3 Å². The van der Waals surface area contributed by atoms with Crippen LogP contribution >= 0.6 is 11.8 Å². The Kier molecular flexibility index (Phi) is 5.96. The Hall–Kier alpha value is -1.00. The van der Waals surface area contributed by atoms with Gasteiger partial charge in [-0.25, -0.2) is 0 Å². The van der Waals surface area contributed by atoms with E-state index < -0.39 is 0 Å². The van der Waals surface area contributed by atoms with Crippen molar-refractivity contribution in [2.24, 2.45) is 5.73 Å². The average molecular weight is 238 g/mol. The fraction of sp³-hybridized carbons (Fsp3) is 0.417. The molecule has 0 aliphatic carbocycles. The molecule has 88 valence electrons. The van der Waals surface area contributed by atoms with Crippen molar-refractivity contribution in [3.05, 3.63) is 35.9 Å². The van der Waals surface area contributed by atoms with Gasteiger partial charge in [-0.05, 0) is 11.8 Å². The van der Waals surface area contributed by atoms with Crippen LogP contribution in [0.25, 0.3) is 0 Å². The van der Waals surface area contributed by atoms with Gasteiger partial charge in [0.05, 0.1) is 0 Å². The van der Waals surface area contributed by atoms with Crippen molar-refractivity contribution in [1.29, 1.82) is 0 Å². The van der Waals surface area contributed by atoms with Crippen LogP contribution in [-0.4, -0.2) is 24.5 Å². The predicted molar refractivity (Wildman–Crippen MR) is 69.4 cm³/mol. The van der Waals surface area contributed by atoms with Gasteiger partial charge in [0.2, 0.25) is 5.91 Å². The topological polar surface area (TPSA) is 55.1 Å². The molecule has 1 aromatic carbocycles. The summed E-state index contributed by atoms with van der Waals surface area (Å²) in [5, 5.41) is 2.84. The normalized spacial score (nSPS) is 12.1. The number of hydrogen-bond acceptors (Lipinski definition) is 3. The van der Waals surface area contributed by atoms with E-state index in [1.54, 1.807) is 11.8 Å². The lowest BCUT2D eigenvalue weighted by molar-refractivity contribution is -0.120. The second-order valence-corrected chi connectivity index (χ2v) is 4.55. The van der Waals surface area contributed by atoms with E-state index in [2.05, 4.69) is 5.32 Å². The van der Waals surface area contributed by atoms with E-state index in [0.717, 1.165) is 11.3 Å². The molecule has 1 rings (SSSR count). The second kappa shape index (κ2) is 7.30. The van der Waals surface area contributed by atoms with E-state index in [0.29, 0.717) is 13.0 Å². The van der Waals surface area contributed by atoms with Gasteiger partial charge in [0, 0.05) is 24.8 Å². The van der Waals surface area contributed by atoms with Gasteiger partial charge in [-0.15, -0.1) is 0 Å². The molecule has 0 fully saturated rings. The summed E-state index contributed by atoms with van der Waals surface area (Å²) in [7, 11) is 0. The largest absolute Gasteiger partial charge is 0.354 e. The summed E-state index contributed by atoms with van der Waals surface area (Å²) in [5.74, 6) is 0.924. The van der Waals surface area contributed by atoms with Crippen LogP contribution in [0, 0.1) is 0 Å². The van der Waals surface area contributed by atoms with Crippen LogP contribution in [0.3, 0.4) is 0 Å². The van der Waals surface area contributed by atoms with Gasteiger partial charge in [-0.1, -0.05) is 30.3 Å². The molecule has 0 aliphatic heterocycles. The van der Waals surface area contributed by atoms with Gasteiger partial charge in [0.1, 0.15) is 0 Å². The average Bonchev–Trinajstić information content (AvgIpc) is 2.34. The van der Waals surface area contributed by atoms with Crippen LogP contribution in [0.4, 0.5) is 0 Å². The van der Waals surface area contributed by atoms with E-state index >= 15 is 0 Å². The van der Waals surface area contributed by atoms with E-state index in [-0.39, 0.29) is 11.9 Å². The molecule has 0 radical (unpaired) electrons. The zero-order valence-corrected chi connectivity index (χ0v) is 10.3. The Balaban J connectivity index is 2.30. The molecule has 0 aromatic heterocycles. The minimum Gasteiger partial charge on any atom is -0.354 e. The lowest BCUT2D eigenvalue weighted by Crippen LogP contribution is -2.32. The first kappa shape index (κ1) is 13.1. The molecular formula is C12H18N2OS. The number of carbonyl (C=O) groups is 1. The lowest BCUT2D eigenvalue weighted by atomic mass is 10.1. The third-order valence-corrected chi connectivity index (χ3v) is 2.89. The first-order valence-corrected chi connectivity index (χ1v) is 6.69. The molecule has 0 saturated carbocycles. The fourth-order valence-electron chi connectivity index (χ4n) is 1.33. The standard InChI is InChI=1S/C12H18N2OS/c1-16-8-7-12(15)14-9-11(13)10-5-3-2-4-6-10/h2-6,11H,7-9,13H2,1H3,(H,14,15). The Labute approximate surface area is 101 Å². The summed E-state index contributed by atoms with van der Waals surface area (Å²) in [4.78, 5) is 11.4. The summed E-state index contributed by atoms with van der Waals surface area (Å²) in [5.41, 5.74) is 7.00. The number of rotatable bonds is 6. The number of hydrogen-bond donors (Lipinski definition) is 2. The first-order chi connectivity index (χ1) is 7.74. The number of thioether (sulfide) groups is 1. The summed E-state index contributed by atoms with van der Waals surface area (Å²) >= 11 is 1.67. The minimum atomic E-state index is -0.126. The number of amides is 1. The van der Waals surface area contributed by atoms with Crippen molar-refractivity contribution in [1.82, 2.24) is 5.32 Å². The first-order valence-electron chi connectivity index (χ1n) is 5.30. The molecular weight excluding hydrogens is 220 g/mol. The van der Waals surface area contributed by atoms with E-state index in [1.165, 1.54) is 0 Å². The lowest BCUT2D eigenvalue weighted by Gasteiger charge is -2.12. The molecule has 4 heteroatoms. The van der Waals surface area contributed by atoms with Gasteiger partial charge in [0.25, 0.3) is 0 Å². The molecule has 0 heterocycles. The highest BCUT2D eigenvalue weighted by Gasteiger charge is 2.07. The summed E-state index contributed by atoms with van der Waals surface area (Å²) in [6.45, 7) is 0.497. The SMILES string of the molecule is CSCCC(=O)NCC(N)c1ccccc1. The Morgan fingerprint density at radius 1 is 1.44 bits per heavy atom. The maximum atomic E-state index is 11.4. The molecule has 16 heavy (non-hydrogen) atoms. The van der Waals surface area contributed by atoms with Crippen molar-refractivity contribution in [3.63, 3.8) is 0 Å². The molecule has 1 aromatic rings. The third kappa shape index (κ3) is 4.68. The van der Waals surface area contributed by atoms with E-state index in [9.17, 15) is 4.79 Å². The van der Waals surface area contributed by atoms with Gasteiger partial charge >= 0.3 is 0 Å². The monoisotopic (exact) mass is 238 g/mol. The smallest absolute Gasteiger partial charge is 0.220 e. The second-order valence-electron chi connectivity index (χ2n) is 3.56. The number of nitrogens with two attached hydrogens (primary N) is 1. The number of nitrogens with one attached hydrogen (secondary N) is 1. The van der Waals surface area contributed by atoms with Crippen molar-refractivity contribution in [2.75, 3.05) is 18.6 Å². The quantitative estimate of drug-likeness (QED) is 0.790. The molecule has 1 amide bonds. The molecule has 0 aliphatic rings. The van der Waals surface area contributed by atoms with Crippen LogP contribution in [-0.2, 0) is 4.79 Å². The number of carbonyl (C=O) groups excluding carboxylic acids is 1. The van der Waals surface area contributed by atoms with Crippen LogP contribution in [0.2, 0.25) is 0 Å². The summed E-state index contributed by atoms with van der Waals surface area (Å²) in [6, 6.07) is 9.67. The highest BCUT2D eigenvalue weighted by atomic mass is 32.2. The molecule has 1 atom stereocenters. The maximum Gasteiger partial charge on any atom is 0.220 e. The molecule has 1 unspecified atom stereocenters. The van der Waals surface area contributed by atoms with Crippen LogP contribution in [0.5, 0.6) is 0 Å². The van der Waals surface area contributed by atoms with Crippen molar-refractivity contribution < 1.29 is 4.79 Å². The van der Waals surface area contributed by atoms with Crippen molar-refractivity contribution in [2.45, 2.75) is 12.5 Å². The molecule has 0 bridgehead atoms. The van der Waals surface area contributed by atoms with Gasteiger partial charge < -0.3 is 11.1 Å². The summed E-state index contributed by atoms with van der Waals surface area (Å²) in [6.07, 6.45) is 2.55. The Morgan fingerprint density at radius 2 is 2.12 bits per heavy atom. The Bertz CT molecular complexity index is 316. The van der Waals surface area contributed by atoms with Gasteiger partial charge in [-0.2, -0.15) is 11.8 Å². The fourth-order valence-corrected chi connectivity index (χ4v) is 1.71. The van der Waals surface area contributed by atoms with Crippen molar-refractivity contribution in [3.8, 4) is 0 Å². The third-order valence-electron chi connectivity index (χ3n) is 2.28. The zero-order valence-electron chi connectivity index (χ0n) is 9.48. The highest BCUT2D eigenvalue weighted by molar-refractivity contribution is 7.98. The zero-order chi connectivity index (χ0) is 11.8. The van der Waals surface area contributed by atoms with E-state index in [4.69, 9.17) is 5.73 Å². The van der Waals surface area contributed by atoms with Gasteiger partial charge in [-0.3, -0.25) is 4.79 Å². The van der Waals surface area contributed by atoms with Crippen LogP contribution < -0.4 is 11.1 Å². The Morgan fingerprint density at radius 3 is 2.75 bits per heavy atom. The molecule has 3 N–H and O–H groups in total. The van der Waals surface area contributed by atoms with Gasteiger partial charge in [0.15, 0.2) is 0 Å². The minimum absolute atomic E-state index is 0.0701. The summed E-state index contributed by atoms with van der Waals surface area (Å²) < 4.78 is 0. The van der Waals surface area contributed by atoms with Crippen LogP contribution in [0.1, 0.15) is 18.0 Å². The maximum absolute atomic E-state index is 11.4.